The van der Waals surface area contributed by atoms with Crippen LogP contribution >= 0.6 is 0 Å². The second-order valence-corrected chi connectivity index (χ2v) is 7.65. The van der Waals surface area contributed by atoms with E-state index in [-0.39, 0.29) is 6.09 Å². The largest absolute Gasteiger partial charge is 0.450 e. The number of hydrogen-bond acceptors (Lipinski definition) is 5. The van der Waals surface area contributed by atoms with E-state index in [0.29, 0.717) is 38.6 Å². The lowest BCUT2D eigenvalue weighted by Gasteiger charge is -2.36. The summed E-state index contributed by atoms with van der Waals surface area (Å²) >= 11 is 0. The van der Waals surface area contributed by atoms with Crippen molar-refractivity contribution < 1.29 is 19.0 Å². The number of piperidine rings is 2. The van der Waals surface area contributed by atoms with Gasteiger partial charge < -0.3 is 24.4 Å². The number of likely N-dealkylation sites (tertiary alicyclic amines) is 1. The molecule has 6 nitrogen and oxygen atoms in total. The van der Waals surface area contributed by atoms with E-state index in [1.165, 1.54) is 12.0 Å². The van der Waals surface area contributed by atoms with E-state index >= 15 is 0 Å². The number of hydrogen-bond donors (Lipinski definition) is 1. The highest BCUT2D eigenvalue weighted by molar-refractivity contribution is 5.67. The molecular weight excluding hydrogens is 332 g/mol. The summed E-state index contributed by atoms with van der Waals surface area (Å²) in [5.41, 5.74) is 1.26. The van der Waals surface area contributed by atoms with Crippen molar-refractivity contribution in [2.24, 2.45) is 5.92 Å². The zero-order valence-corrected chi connectivity index (χ0v) is 15.6. The molecule has 2 fully saturated rings. The Morgan fingerprint density at radius 2 is 2.04 bits per heavy atom. The van der Waals surface area contributed by atoms with Crippen LogP contribution < -0.4 is 14.8 Å². The molecule has 3 aliphatic rings. The van der Waals surface area contributed by atoms with Gasteiger partial charge in [0.1, 0.15) is 0 Å². The molecule has 1 spiro atoms. The second-order valence-electron chi connectivity index (χ2n) is 7.65. The van der Waals surface area contributed by atoms with E-state index in [1.54, 1.807) is 4.90 Å². The van der Waals surface area contributed by atoms with Gasteiger partial charge in [0.15, 0.2) is 11.5 Å². The van der Waals surface area contributed by atoms with Crippen LogP contribution in [0.1, 0.15) is 51.1 Å². The average Bonchev–Trinajstić information content (AvgIpc) is 3.00. The van der Waals surface area contributed by atoms with Crippen LogP contribution in [0.2, 0.25) is 0 Å². The van der Waals surface area contributed by atoms with Gasteiger partial charge in [-0.05, 0) is 49.9 Å². The number of nitrogens with zero attached hydrogens (tertiary/aromatic N) is 1. The Hall–Kier alpha value is -1.95. The summed E-state index contributed by atoms with van der Waals surface area (Å²) in [5.74, 6) is 1.74. The number of benzene rings is 1. The van der Waals surface area contributed by atoms with Gasteiger partial charge >= 0.3 is 6.09 Å². The van der Waals surface area contributed by atoms with Crippen molar-refractivity contribution in [2.75, 3.05) is 26.2 Å². The molecule has 0 aromatic heterocycles. The molecule has 0 saturated carbocycles. The third-order valence-corrected chi connectivity index (χ3v) is 5.67. The van der Waals surface area contributed by atoms with E-state index in [2.05, 4.69) is 24.4 Å². The summed E-state index contributed by atoms with van der Waals surface area (Å²) in [4.78, 5) is 13.6. The molecular formula is C20H28N2O4. The first-order chi connectivity index (χ1) is 12.6. The molecule has 6 heteroatoms. The number of nitrogens with one attached hydrogen (secondary N) is 1. The van der Waals surface area contributed by atoms with Gasteiger partial charge in [-0.3, -0.25) is 0 Å². The van der Waals surface area contributed by atoms with Crippen LogP contribution in [-0.2, 0) is 4.74 Å². The smallest absolute Gasteiger partial charge is 0.409 e. The fraction of sp³-hybridized carbons (Fsp3) is 0.650. The third kappa shape index (κ3) is 3.34. The summed E-state index contributed by atoms with van der Waals surface area (Å²) < 4.78 is 17.5. The van der Waals surface area contributed by atoms with Crippen LogP contribution in [0.25, 0.3) is 0 Å². The molecule has 26 heavy (non-hydrogen) atoms. The summed E-state index contributed by atoms with van der Waals surface area (Å²) in [6, 6.07) is 6.68. The summed E-state index contributed by atoms with van der Waals surface area (Å²) in [5, 5.41) is 3.62. The Balaban J connectivity index is 1.41. The number of fused-ring (bicyclic) bond motifs is 1. The van der Waals surface area contributed by atoms with Crippen molar-refractivity contribution in [1.82, 2.24) is 10.2 Å². The average molecular weight is 360 g/mol. The van der Waals surface area contributed by atoms with E-state index in [4.69, 9.17) is 14.2 Å². The minimum Gasteiger partial charge on any atom is -0.450 e. The van der Waals surface area contributed by atoms with Crippen molar-refractivity contribution in [3.63, 3.8) is 0 Å². The van der Waals surface area contributed by atoms with Crippen molar-refractivity contribution in [1.29, 1.82) is 0 Å². The van der Waals surface area contributed by atoms with Gasteiger partial charge in [0.2, 0.25) is 0 Å². The van der Waals surface area contributed by atoms with Crippen LogP contribution in [0.15, 0.2) is 18.2 Å². The monoisotopic (exact) mass is 360 g/mol. The molecule has 0 bridgehead atoms. The molecule has 2 atom stereocenters. The fourth-order valence-electron chi connectivity index (χ4n) is 4.06. The summed E-state index contributed by atoms with van der Waals surface area (Å²) in [7, 11) is 0. The van der Waals surface area contributed by atoms with Crippen LogP contribution in [0.5, 0.6) is 11.5 Å². The normalized spacial score (nSPS) is 26.8. The number of carbonyl (C=O) groups excluding carboxylic acids is 1. The number of rotatable bonds is 2. The Bertz CT molecular complexity index is 662. The zero-order chi connectivity index (χ0) is 18.1. The Morgan fingerprint density at radius 3 is 2.73 bits per heavy atom. The van der Waals surface area contributed by atoms with Gasteiger partial charge in [0.25, 0.3) is 5.79 Å². The lowest BCUT2D eigenvalue weighted by molar-refractivity contribution is -0.115. The standard InChI is InChI=1S/C20H28N2O4/c1-3-24-19(23)22-10-8-20(9-11-22)25-17-7-5-15(12-18(17)26-20)16-6-4-14(2)13-21-16/h5,7,12,14,16,21H,3-4,6,8-11,13H2,1-2H3/t14-,16+/m0/s1. The van der Waals surface area contributed by atoms with E-state index < -0.39 is 5.79 Å². The molecule has 142 valence electrons. The van der Waals surface area contributed by atoms with E-state index in [9.17, 15) is 4.79 Å². The molecule has 1 aromatic rings. The summed E-state index contributed by atoms with van der Waals surface area (Å²) in [6.45, 7) is 6.74. The highest BCUT2D eigenvalue weighted by Gasteiger charge is 2.45. The van der Waals surface area contributed by atoms with Crippen LogP contribution in [0.4, 0.5) is 4.79 Å². The zero-order valence-electron chi connectivity index (χ0n) is 15.6. The number of carbonyl (C=O) groups is 1. The van der Waals surface area contributed by atoms with Crippen molar-refractivity contribution in [3.8, 4) is 11.5 Å². The lowest BCUT2D eigenvalue weighted by atomic mass is 9.92. The molecule has 3 heterocycles. The molecule has 2 saturated heterocycles. The first kappa shape index (κ1) is 17.5. The van der Waals surface area contributed by atoms with Gasteiger partial charge in [0, 0.05) is 32.0 Å². The highest BCUT2D eigenvalue weighted by Crippen LogP contribution is 2.45. The maximum absolute atomic E-state index is 11.9. The first-order valence-corrected chi connectivity index (χ1v) is 9.75. The molecule has 3 aliphatic heterocycles. The third-order valence-electron chi connectivity index (χ3n) is 5.67. The number of amides is 1. The van der Waals surface area contributed by atoms with Gasteiger partial charge in [-0.2, -0.15) is 0 Å². The van der Waals surface area contributed by atoms with Crippen LogP contribution in [0.3, 0.4) is 0 Å². The van der Waals surface area contributed by atoms with Gasteiger partial charge in [0.05, 0.1) is 6.61 Å². The highest BCUT2D eigenvalue weighted by atomic mass is 16.7. The molecule has 1 N–H and O–H groups in total. The maximum atomic E-state index is 11.9. The van der Waals surface area contributed by atoms with Crippen molar-refractivity contribution in [3.05, 3.63) is 23.8 Å². The molecule has 0 aliphatic carbocycles. The van der Waals surface area contributed by atoms with Gasteiger partial charge in [-0.15, -0.1) is 0 Å². The SMILES string of the molecule is CCOC(=O)N1CCC2(CC1)Oc1ccc([C@H]3CC[C@H](C)CN3)cc1O2. The fourth-order valence-corrected chi connectivity index (χ4v) is 4.06. The van der Waals surface area contributed by atoms with Crippen LogP contribution in [-0.4, -0.2) is 43.0 Å². The van der Waals surface area contributed by atoms with Crippen molar-refractivity contribution >= 4 is 6.09 Å². The predicted octanol–water partition coefficient (Wildman–Crippen LogP) is 3.47. The number of ether oxygens (including phenoxy) is 3. The van der Waals surface area contributed by atoms with Crippen LogP contribution in [0, 0.1) is 5.92 Å². The minimum atomic E-state index is -0.640. The molecule has 4 rings (SSSR count). The molecule has 0 unspecified atom stereocenters. The predicted molar refractivity (Wildman–Crippen MR) is 97.4 cm³/mol. The van der Waals surface area contributed by atoms with E-state index in [1.807, 2.05) is 13.0 Å². The Labute approximate surface area is 154 Å². The maximum Gasteiger partial charge on any atom is 0.409 e. The lowest BCUT2D eigenvalue weighted by Crippen LogP contribution is -2.51. The minimum absolute atomic E-state index is 0.252. The molecule has 1 amide bonds. The summed E-state index contributed by atoms with van der Waals surface area (Å²) in [6.07, 6.45) is 3.45. The Kier molecular flexibility index (Phi) is 4.69. The van der Waals surface area contributed by atoms with Gasteiger partial charge in [-0.25, -0.2) is 4.79 Å². The second kappa shape index (κ2) is 6.99. The molecule has 1 aromatic carbocycles. The Morgan fingerprint density at radius 1 is 1.27 bits per heavy atom. The first-order valence-electron chi connectivity index (χ1n) is 9.75. The topological polar surface area (TPSA) is 60.0 Å². The van der Waals surface area contributed by atoms with E-state index in [0.717, 1.165) is 30.4 Å². The van der Waals surface area contributed by atoms with Crippen molar-refractivity contribution in [2.45, 2.75) is 51.4 Å². The quantitative estimate of drug-likeness (QED) is 0.875. The molecule has 0 radical (unpaired) electrons. The van der Waals surface area contributed by atoms with Gasteiger partial charge in [-0.1, -0.05) is 13.0 Å².